The monoisotopic (exact) mass is 429 g/mol. The van der Waals surface area contributed by atoms with Crippen molar-refractivity contribution in [2.75, 3.05) is 25.0 Å². The molecule has 3 saturated heterocycles. The number of fused-ring (bicyclic) bond motifs is 6. The van der Waals surface area contributed by atoms with Crippen LogP contribution >= 0.6 is 0 Å². The summed E-state index contributed by atoms with van der Waals surface area (Å²) in [4.78, 5) is 14.2. The number of hydrogen-bond acceptors (Lipinski definition) is 4. The zero-order valence-electron chi connectivity index (χ0n) is 17.6. The second-order valence-corrected chi connectivity index (χ2v) is 11.2. The minimum absolute atomic E-state index is 0.00195. The number of piperidine rings is 3. The van der Waals surface area contributed by atoms with Crippen LogP contribution in [0.15, 0.2) is 40.8 Å². The van der Waals surface area contributed by atoms with Crippen LogP contribution in [0.4, 0.5) is 5.69 Å². The number of carbonyl (C=O) groups excluding carboxylic acids is 1. The second kappa shape index (κ2) is 7.77. The van der Waals surface area contributed by atoms with Crippen molar-refractivity contribution < 1.29 is 13.2 Å². The molecule has 1 aliphatic carbocycles. The fraction of sp³-hybridized carbons (Fsp3) is 0.609. The molecule has 1 amide bonds. The average Bonchev–Trinajstić information content (AvgIpc) is 2.73. The molecular weight excluding hydrogens is 398 g/mol. The molecule has 1 aromatic rings. The van der Waals surface area contributed by atoms with Crippen molar-refractivity contribution in [3.05, 3.63) is 35.9 Å². The van der Waals surface area contributed by atoms with Crippen LogP contribution in [0.5, 0.6) is 0 Å². The Hall–Kier alpha value is -1.70. The lowest BCUT2D eigenvalue weighted by Crippen LogP contribution is -2.59. The molecule has 0 saturated carbocycles. The molecule has 30 heavy (non-hydrogen) atoms. The molecule has 0 spiro atoms. The van der Waals surface area contributed by atoms with Crippen LogP contribution in [-0.4, -0.2) is 55.2 Å². The second-order valence-electron chi connectivity index (χ2n) is 9.33. The Morgan fingerprint density at radius 3 is 2.67 bits per heavy atom. The maximum Gasteiger partial charge on any atom is 0.243 e. The number of rotatable bonds is 3. The number of sulfonamides is 1. The number of hydrogen-bond donors (Lipinski definition) is 1. The fourth-order valence-corrected chi connectivity index (χ4v) is 7.97. The number of nitrogens with one attached hydrogen (secondary N) is 1. The Bertz CT molecular complexity index is 956. The van der Waals surface area contributed by atoms with Crippen LogP contribution in [0, 0.1) is 11.8 Å². The molecule has 7 heteroatoms. The van der Waals surface area contributed by atoms with Crippen LogP contribution in [0.3, 0.4) is 0 Å². The maximum absolute atomic E-state index is 13.6. The Balaban J connectivity index is 1.44. The molecule has 4 atom stereocenters. The van der Waals surface area contributed by atoms with Crippen molar-refractivity contribution in [2.24, 2.45) is 11.8 Å². The van der Waals surface area contributed by atoms with Gasteiger partial charge in [-0.25, -0.2) is 8.42 Å². The Labute approximate surface area is 179 Å². The van der Waals surface area contributed by atoms with E-state index in [0.29, 0.717) is 35.0 Å². The first-order valence-corrected chi connectivity index (χ1v) is 12.7. The summed E-state index contributed by atoms with van der Waals surface area (Å²) in [5.74, 6) is 0.814. The first-order chi connectivity index (χ1) is 14.4. The van der Waals surface area contributed by atoms with E-state index >= 15 is 0 Å². The van der Waals surface area contributed by atoms with E-state index in [-0.39, 0.29) is 11.9 Å². The van der Waals surface area contributed by atoms with Crippen molar-refractivity contribution in [2.45, 2.75) is 62.4 Å². The number of amides is 1. The summed E-state index contributed by atoms with van der Waals surface area (Å²) in [7, 11) is -3.58. The van der Waals surface area contributed by atoms with Gasteiger partial charge in [0.2, 0.25) is 15.9 Å². The molecule has 3 aliphatic heterocycles. The van der Waals surface area contributed by atoms with E-state index in [9.17, 15) is 13.2 Å². The third-order valence-corrected chi connectivity index (χ3v) is 9.29. The molecule has 1 N–H and O–H groups in total. The van der Waals surface area contributed by atoms with Crippen molar-refractivity contribution in [1.29, 1.82) is 0 Å². The molecular formula is C23H31N3O3S. The lowest BCUT2D eigenvalue weighted by molar-refractivity contribution is -0.114. The van der Waals surface area contributed by atoms with Gasteiger partial charge in [-0.15, -0.1) is 0 Å². The normalized spacial score (nSPS) is 32.0. The number of benzene rings is 1. The Morgan fingerprint density at radius 2 is 1.90 bits per heavy atom. The van der Waals surface area contributed by atoms with Crippen LogP contribution < -0.4 is 5.32 Å². The van der Waals surface area contributed by atoms with Gasteiger partial charge >= 0.3 is 0 Å². The highest BCUT2D eigenvalue weighted by Crippen LogP contribution is 2.46. The summed E-state index contributed by atoms with van der Waals surface area (Å²) in [5, 5.41) is 2.70. The summed E-state index contributed by atoms with van der Waals surface area (Å²) in [6.45, 7) is 4.21. The van der Waals surface area contributed by atoms with E-state index in [1.54, 1.807) is 28.6 Å². The Kier molecular flexibility index (Phi) is 5.24. The highest BCUT2D eigenvalue weighted by molar-refractivity contribution is 7.89. The smallest absolute Gasteiger partial charge is 0.243 e. The molecule has 4 aliphatic rings. The zero-order valence-corrected chi connectivity index (χ0v) is 18.4. The van der Waals surface area contributed by atoms with Gasteiger partial charge in [0.15, 0.2) is 0 Å². The molecule has 6 nitrogen and oxygen atoms in total. The van der Waals surface area contributed by atoms with Gasteiger partial charge in [0, 0.05) is 31.7 Å². The van der Waals surface area contributed by atoms with Gasteiger partial charge in [-0.3, -0.25) is 9.69 Å². The predicted molar refractivity (Wildman–Crippen MR) is 117 cm³/mol. The number of carbonyl (C=O) groups is 1. The van der Waals surface area contributed by atoms with Crippen molar-refractivity contribution in [3.8, 4) is 0 Å². The summed E-state index contributed by atoms with van der Waals surface area (Å²) in [5.41, 5.74) is 1.97. The first-order valence-electron chi connectivity index (χ1n) is 11.3. The standard InChI is InChI=1S/C23H31N3O3S/c1-16(27)24-20-7-9-21(10-8-20)30(28,29)26-12-4-5-17-13-18-14-19(23(17)26)15-25-11-3-2-6-22(18)25/h7-10,13,18-19,22-23H,2-6,11-12,14-15H2,1H3,(H,24,27)/t18-,19+,22+,23-/m1/s1. The fourth-order valence-electron chi connectivity index (χ4n) is 6.24. The number of nitrogens with zero attached hydrogens (tertiary/aromatic N) is 2. The summed E-state index contributed by atoms with van der Waals surface area (Å²) in [6, 6.07) is 7.24. The van der Waals surface area contributed by atoms with E-state index in [1.165, 1.54) is 31.8 Å². The van der Waals surface area contributed by atoms with Gasteiger partial charge in [0.1, 0.15) is 0 Å². The summed E-state index contributed by atoms with van der Waals surface area (Å²) >= 11 is 0. The molecule has 0 aromatic heterocycles. The molecule has 2 bridgehead atoms. The molecule has 0 unspecified atom stereocenters. The molecule has 1 aromatic carbocycles. The number of anilines is 1. The van der Waals surface area contributed by atoms with E-state index in [0.717, 1.165) is 32.4 Å². The van der Waals surface area contributed by atoms with Crippen LogP contribution in [0.1, 0.15) is 45.4 Å². The third kappa shape index (κ3) is 3.51. The molecule has 3 fully saturated rings. The molecule has 162 valence electrons. The van der Waals surface area contributed by atoms with Gasteiger partial charge in [-0.2, -0.15) is 4.31 Å². The molecule has 5 rings (SSSR count). The van der Waals surface area contributed by atoms with Crippen LogP contribution in [0.25, 0.3) is 0 Å². The minimum Gasteiger partial charge on any atom is -0.326 e. The van der Waals surface area contributed by atoms with E-state index in [1.807, 2.05) is 0 Å². The largest absolute Gasteiger partial charge is 0.326 e. The van der Waals surface area contributed by atoms with E-state index in [4.69, 9.17) is 0 Å². The van der Waals surface area contributed by atoms with E-state index in [2.05, 4.69) is 16.3 Å². The van der Waals surface area contributed by atoms with E-state index < -0.39 is 10.0 Å². The van der Waals surface area contributed by atoms with Crippen molar-refractivity contribution in [3.63, 3.8) is 0 Å². The third-order valence-electron chi connectivity index (χ3n) is 7.39. The topological polar surface area (TPSA) is 69.7 Å². The molecule has 0 radical (unpaired) electrons. The minimum atomic E-state index is -3.58. The molecule has 3 heterocycles. The summed E-state index contributed by atoms with van der Waals surface area (Å²) in [6.07, 6.45) is 9.35. The van der Waals surface area contributed by atoms with Gasteiger partial charge in [0.25, 0.3) is 0 Å². The van der Waals surface area contributed by atoms with Gasteiger partial charge < -0.3 is 5.32 Å². The van der Waals surface area contributed by atoms with Crippen LogP contribution in [0.2, 0.25) is 0 Å². The van der Waals surface area contributed by atoms with Crippen LogP contribution in [-0.2, 0) is 14.8 Å². The van der Waals surface area contributed by atoms with Crippen molar-refractivity contribution in [1.82, 2.24) is 9.21 Å². The Morgan fingerprint density at radius 1 is 1.10 bits per heavy atom. The summed E-state index contributed by atoms with van der Waals surface area (Å²) < 4.78 is 29.0. The average molecular weight is 430 g/mol. The SMILES string of the molecule is CC(=O)Nc1ccc(S(=O)(=O)N2CCCC3=C[C@@H]4C[C@@H](CN5CCCC[C@@H]45)[C@@H]32)cc1. The van der Waals surface area contributed by atoms with Gasteiger partial charge in [0.05, 0.1) is 10.9 Å². The highest BCUT2D eigenvalue weighted by atomic mass is 32.2. The maximum atomic E-state index is 13.6. The quantitative estimate of drug-likeness (QED) is 0.749. The highest BCUT2D eigenvalue weighted by Gasteiger charge is 2.48. The predicted octanol–water partition coefficient (Wildman–Crippen LogP) is 3.23. The zero-order chi connectivity index (χ0) is 20.9. The lowest BCUT2D eigenvalue weighted by Gasteiger charge is -2.54. The lowest BCUT2D eigenvalue weighted by atomic mass is 9.68. The van der Waals surface area contributed by atoms with Gasteiger partial charge in [-0.1, -0.05) is 18.1 Å². The first kappa shape index (κ1) is 20.2. The van der Waals surface area contributed by atoms with Crippen molar-refractivity contribution >= 4 is 21.6 Å². The van der Waals surface area contributed by atoms with Gasteiger partial charge in [-0.05, 0) is 74.8 Å².